The van der Waals surface area contributed by atoms with E-state index < -0.39 is 0 Å². The normalized spacial score (nSPS) is 10.8. The second kappa shape index (κ2) is 9.66. The molecule has 1 aromatic heterocycles. The van der Waals surface area contributed by atoms with E-state index in [1.807, 2.05) is 66.1 Å². The van der Waals surface area contributed by atoms with E-state index >= 15 is 0 Å². The molecule has 162 valence electrons. The van der Waals surface area contributed by atoms with Gasteiger partial charge in [0.2, 0.25) is 5.91 Å². The van der Waals surface area contributed by atoms with Gasteiger partial charge in [-0.3, -0.25) is 9.59 Å². The lowest BCUT2D eigenvalue weighted by Gasteiger charge is -2.22. The average molecular weight is 447 g/mol. The Balaban J connectivity index is 1.59. The van der Waals surface area contributed by atoms with Crippen molar-refractivity contribution < 1.29 is 9.59 Å². The van der Waals surface area contributed by atoms with Crippen molar-refractivity contribution in [3.63, 3.8) is 0 Å². The standard InChI is InChI=1S/C25H23ClN4O2/c1-2-29(20-11-4-3-5-12-20)24(31)17-30-22-14-7-6-13-21(22)28-23(30)16-27-25(32)18-9-8-10-19(26)15-18/h3-15H,2,16-17H2,1H3,(H,27,32). The number of nitrogens with zero attached hydrogens (tertiary/aromatic N) is 3. The van der Waals surface area contributed by atoms with Gasteiger partial charge in [-0.2, -0.15) is 0 Å². The SMILES string of the molecule is CCN(C(=O)Cn1c(CNC(=O)c2cccc(Cl)c2)nc2ccccc21)c1ccccc1. The molecule has 0 saturated heterocycles. The Hall–Kier alpha value is -3.64. The first-order chi connectivity index (χ1) is 15.6. The largest absolute Gasteiger partial charge is 0.345 e. The number of anilines is 1. The van der Waals surface area contributed by atoms with Crippen LogP contribution < -0.4 is 10.2 Å². The molecule has 0 fully saturated rings. The minimum atomic E-state index is -0.253. The van der Waals surface area contributed by atoms with Gasteiger partial charge < -0.3 is 14.8 Å². The summed E-state index contributed by atoms with van der Waals surface area (Å²) in [5.41, 5.74) is 2.93. The van der Waals surface area contributed by atoms with Gasteiger partial charge in [-0.05, 0) is 49.4 Å². The van der Waals surface area contributed by atoms with E-state index in [1.54, 1.807) is 29.2 Å². The smallest absolute Gasteiger partial charge is 0.251 e. The Morgan fingerprint density at radius 1 is 1.00 bits per heavy atom. The van der Waals surface area contributed by atoms with Gasteiger partial charge in [-0.25, -0.2) is 4.98 Å². The molecule has 0 unspecified atom stereocenters. The zero-order valence-electron chi connectivity index (χ0n) is 17.7. The number of nitrogens with one attached hydrogen (secondary N) is 1. The quantitative estimate of drug-likeness (QED) is 0.448. The molecule has 1 N–H and O–H groups in total. The van der Waals surface area contributed by atoms with Crippen LogP contribution in [0.3, 0.4) is 0 Å². The number of benzene rings is 3. The van der Waals surface area contributed by atoms with Crippen LogP contribution in [0, 0.1) is 0 Å². The van der Waals surface area contributed by atoms with Crippen LogP contribution in [0.25, 0.3) is 11.0 Å². The summed E-state index contributed by atoms with van der Waals surface area (Å²) in [6.07, 6.45) is 0. The molecule has 0 atom stereocenters. The van der Waals surface area contributed by atoms with Gasteiger partial charge in [-0.1, -0.05) is 48.0 Å². The Bertz CT molecular complexity index is 1250. The van der Waals surface area contributed by atoms with Crippen molar-refractivity contribution in [2.24, 2.45) is 0 Å². The van der Waals surface area contributed by atoms with Gasteiger partial charge in [0, 0.05) is 22.8 Å². The monoisotopic (exact) mass is 446 g/mol. The highest BCUT2D eigenvalue weighted by molar-refractivity contribution is 6.30. The first kappa shape index (κ1) is 21.6. The highest BCUT2D eigenvalue weighted by atomic mass is 35.5. The van der Waals surface area contributed by atoms with E-state index in [9.17, 15) is 9.59 Å². The van der Waals surface area contributed by atoms with E-state index in [0.29, 0.717) is 23.0 Å². The maximum Gasteiger partial charge on any atom is 0.251 e. The summed E-state index contributed by atoms with van der Waals surface area (Å²) in [4.78, 5) is 32.2. The van der Waals surface area contributed by atoms with Crippen LogP contribution in [-0.2, 0) is 17.9 Å². The molecule has 4 aromatic rings. The molecular formula is C25H23ClN4O2. The minimum Gasteiger partial charge on any atom is -0.345 e. The third-order valence-electron chi connectivity index (χ3n) is 5.21. The molecule has 6 nitrogen and oxygen atoms in total. The van der Waals surface area contributed by atoms with Crippen molar-refractivity contribution in [2.45, 2.75) is 20.0 Å². The molecule has 32 heavy (non-hydrogen) atoms. The fraction of sp³-hybridized carbons (Fsp3) is 0.160. The lowest BCUT2D eigenvalue weighted by atomic mass is 10.2. The van der Waals surface area contributed by atoms with Gasteiger partial charge in [-0.15, -0.1) is 0 Å². The number of imidazole rings is 1. The maximum absolute atomic E-state index is 13.2. The zero-order valence-corrected chi connectivity index (χ0v) is 18.4. The average Bonchev–Trinajstić information content (AvgIpc) is 3.16. The van der Waals surface area contributed by atoms with Gasteiger partial charge >= 0.3 is 0 Å². The molecule has 3 aromatic carbocycles. The van der Waals surface area contributed by atoms with Crippen molar-refractivity contribution in [3.05, 3.63) is 95.3 Å². The highest BCUT2D eigenvalue weighted by Gasteiger charge is 2.19. The van der Waals surface area contributed by atoms with Crippen LogP contribution in [0.15, 0.2) is 78.9 Å². The van der Waals surface area contributed by atoms with E-state index in [-0.39, 0.29) is 24.9 Å². The Labute approximate surface area is 191 Å². The summed E-state index contributed by atoms with van der Waals surface area (Å²) in [5, 5.41) is 3.38. The van der Waals surface area contributed by atoms with E-state index in [4.69, 9.17) is 11.6 Å². The predicted molar refractivity (Wildman–Crippen MR) is 127 cm³/mol. The summed E-state index contributed by atoms with van der Waals surface area (Å²) in [7, 11) is 0. The number of aromatic nitrogens is 2. The maximum atomic E-state index is 13.2. The highest BCUT2D eigenvalue weighted by Crippen LogP contribution is 2.19. The van der Waals surface area contributed by atoms with Crippen molar-refractivity contribution in [1.82, 2.24) is 14.9 Å². The van der Waals surface area contributed by atoms with Crippen LogP contribution in [0.2, 0.25) is 5.02 Å². The fourth-order valence-electron chi connectivity index (χ4n) is 3.66. The summed E-state index contributed by atoms with van der Waals surface area (Å²) in [6.45, 7) is 2.80. The second-order valence-electron chi connectivity index (χ2n) is 7.27. The number of likely N-dealkylation sites (N-methyl/N-ethyl adjacent to an activating group) is 1. The molecule has 1 heterocycles. The van der Waals surface area contributed by atoms with Crippen LogP contribution in [0.4, 0.5) is 5.69 Å². The van der Waals surface area contributed by atoms with Crippen LogP contribution in [0.1, 0.15) is 23.1 Å². The lowest BCUT2D eigenvalue weighted by molar-refractivity contribution is -0.119. The first-order valence-corrected chi connectivity index (χ1v) is 10.8. The van der Waals surface area contributed by atoms with Crippen molar-refractivity contribution in [2.75, 3.05) is 11.4 Å². The number of carbonyl (C=O) groups excluding carboxylic acids is 2. The minimum absolute atomic E-state index is 0.0516. The Morgan fingerprint density at radius 2 is 1.75 bits per heavy atom. The Morgan fingerprint density at radius 3 is 2.50 bits per heavy atom. The topological polar surface area (TPSA) is 67.2 Å². The molecule has 0 saturated carbocycles. The molecule has 0 bridgehead atoms. The number of hydrogen-bond donors (Lipinski definition) is 1. The third kappa shape index (κ3) is 4.65. The second-order valence-corrected chi connectivity index (χ2v) is 7.71. The summed E-state index contributed by atoms with van der Waals surface area (Å²) >= 11 is 6.00. The van der Waals surface area contributed by atoms with Crippen molar-refractivity contribution >= 4 is 40.1 Å². The van der Waals surface area contributed by atoms with E-state index in [0.717, 1.165) is 16.7 Å². The first-order valence-electron chi connectivity index (χ1n) is 10.4. The summed E-state index contributed by atoms with van der Waals surface area (Å²) in [6, 6.07) is 24.0. The van der Waals surface area contributed by atoms with Crippen molar-refractivity contribution in [1.29, 1.82) is 0 Å². The number of hydrogen-bond acceptors (Lipinski definition) is 3. The molecule has 0 spiro atoms. The molecule has 0 radical (unpaired) electrons. The number of para-hydroxylation sites is 3. The summed E-state index contributed by atoms with van der Waals surface area (Å²) < 4.78 is 1.86. The Kier molecular flexibility index (Phi) is 6.52. The van der Waals surface area contributed by atoms with Crippen LogP contribution in [0.5, 0.6) is 0 Å². The van der Waals surface area contributed by atoms with Crippen molar-refractivity contribution in [3.8, 4) is 0 Å². The van der Waals surface area contributed by atoms with E-state index in [2.05, 4.69) is 10.3 Å². The molecular weight excluding hydrogens is 424 g/mol. The molecule has 4 rings (SSSR count). The van der Waals surface area contributed by atoms with E-state index in [1.165, 1.54) is 0 Å². The predicted octanol–water partition coefficient (Wildman–Crippen LogP) is 4.67. The third-order valence-corrected chi connectivity index (χ3v) is 5.44. The molecule has 2 amide bonds. The number of amides is 2. The number of carbonyl (C=O) groups is 2. The lowest BCUT2D eigenvalue weighted by Crippen LogP contribution is -2.34. The zero-order chi connectivity index (χ0) is 22.5. The number of rotatable bonds is 7. The van der Waals surface area contributed by atoms with Gasteiger partial charge in [0.1, 0.15) is 12.4 Å². The number of fused-ring (bicyclic) bond motifs is 1. The molecule has 7 heteroatoms. The van der Waals surface area contributed by atoms with Crippen LogP contribution >= 0.6 is 11.6 Å². The van der Waals surface area contributed by atoms with Crippen LogP contribution in [-0.4, -0.2) is 27.9 Å². The van der Waals surface area contributed by atoms with Gasteiger partial charge in [0.25, 0.3) is 5.91 Å². The molecule has 0 aliphatic heterocycles. The molecule has 0 aliphatic carbocycles. The molecule has 0 aliphatic rings. The number of halogens is 1. The van der Waals surface area contributed by atoms with Gasteiger partial charge in [0.15, 0.2) is 0 Å². The van der Waals surface area contributed by atoms with Gasteiger partial charge in [0.05, 0.1) is 17.6 Å². The summed E-state index contributed by atoms with van der Waals surface area (Å²) in [5.74, 6) is 0.306. The fourth-order valence-corrected chi connectivity index (χ4v) is 3.85.